The van der Waals surface area contributed by atoms with E-state index in [0.29, 0.717) is 5.75 Å². The van der Waals surface area contributed by atoms with Gasteiger partial charge in [-0.15, -0.1) is 0 Å². The number of phenolic OH excluding ortho intramolecular Hbond substituents is 1. The summed E-state index contributed by atoms with van der Waals surface area (Å²) in [5, 5.41) is 15.7. The molecule has 0 spiro atoms. The average molecular weight is 277 g/mol. The van der Waals surface area contributed by atoms with E-state index in [1.807, 2.05) is 26.0 Å². The van der Waals surface area contributed by atoms with E-state index in [-0.39, 0.29) is 0 Å². The number of nitrogens with one attached hydrogen (secondary N) is 1. The molecule has 3 aromatic carbocycles. The molecule has 0 aliphatic heterocycles. The van der Waals surface area contributed by atoms with Crippen LogP contribution in [0.2, 0.25) is 0 Å². The summed E-state index contributed by atoms with van der Waals surface area (Å²) in [4.78, 5) is 0. The molecule has 0 fully saturated rings. The highest BCUT2D eigenvalue weighted by molar-refractivity contribution is 5.85. The molecule has 21 heavy (non-hydrogen) atoms. The molecule has 2 heteroatoms. The first kappa shape index (κ1) is 13.5. The molecule has 0 aromatic heterocycles. The first-order valence-corrected chi connectivity index (χ1v) is 7.15. The Labute approximate surface area is 125 Å². The van der Waals surface area contributed by atoms with Gasteiger partial charge in [-0.1, -0.05) is 42.5 Å². The van der Waals surface area contributed by atoms with Gasteiger partial charge in [-0.05, 0) is 53.4 Å². The van der Waals surface area contributed by atoms with Crippen molar-refractivity contribution in [1.82, 2.24) is 0 Å². The highest BCUT2D eigenvalue weighted by atomic mass is 16.3. The van der Waals surface area contributed by atoms with Crippen molar-refractivity contribution >= 4 is 16.5 Å². The van der Waals surface area contributed by atoms with Crippen molar-refractivity contribution in [2.75, 3.05) is 5.32 Å². The zero-order valence-corrected chi connectivity index (χ0v) is 12.4. The van der Waals surface area contributed by atoms with E-state index < -0.39 is 0 Å². The van der Waals surface area contributed by atoms with Crippen LogP contribution in [-0.4, -0.2) is 5.11 Å². The lowest BCUT2D eigenvalue weighted by atomic mass is 10.1. The number of anilines is 1. The molecule has 3 aromatic rings. The van der Waals surface area contributed by atoms with Gasteiger partial charge in [-0.3, -0.25) is 0 Å². The minimum Gasteiger partial charge on any atom is -0.507 e. The normalized spacial score (nSPS) is 10.8. The van der Waals surface area contributed by atoms with E-state index in [9.17, 15) is 5.11 Å². The molecule has 0 unspecified atom stereocenters. The molecular weight excluding hydrogens is 258 g/mol. The Morgan fingerprint density at radius 3 is 2.24 bits per heavy atom. The van der Waals surface area contributed by atoms with Gasteiger partial charge in [-0.25, -0.2) is 0 Å². The summed E-state index contributed by atoms with van der Waals surface area (Å²) in [7, 11) is 0. The van der Waals surface area contributed by atoms with Gasteiger partial charge in [0, 0.05) is 12.2 Å². The molecule has 0 bridgehead atoms. The Morgan fingerprint density at radius 2 is 1.52 bits per heavy atom. The van der Waals surface area contributed by atoms with Crippen LogP contribution in [0.4, 0.5) is 5.69 Å². The molecule has 106 valence electrons. The Hall–Kier alpha value is -2.48. The van der Waals surface area contributed by atoms with Gasteiger partial charge in [0.25, 0.3) is 0 Å². The molecule has 2 nitrogen and oxygen atoms in total. The zero-order valence-electron chi connectivity index (χ0n) is 12.4. The summed E-state index contributed by atoms with van der Waals surface area (Å²) in [6, 6.07) is 18.8. The largest absolute Gasteiger partial charge is 0.507 e. The molecule has 0 radical (unpaired) electrons. The van der Waals surface area contributed by atoms with Gasteiger partial charge in [0.1, 0.15) is 5.75 Å². The molecule has 3 rings (SSSR count). The summed E-state index contributed by atoms with van der Waals surface area (Å²) in [6.07, 6.45) is 0. The smallest absolute Gasteiger partial charge is 0.121 e. The van der Waals surface area contributed by atoms with Gasteiger partial charge >= 0.3 is 0 Å². The molecule has 0 amide bonds. The lowest BCUT2D eigenvalue weighted by Crippen LogP contribution is -2.00. The Balaban J connectivity index is 1.80. The summed E-state index contributed by atoms with van der Waals surface area (Å²) in [6.45, 7) is 4.62. The number of benzene rings is 3. The number of rotatable bonds is 3. The molecule has 0 saturated heterocycles. The van der Waals surface area contributed by atoms with Crippen LogP contribution in [0.25, 0.3) is 10.8 Å². The van der Waals surface area contributed by atoms with Gasteiger partial charge in [0.05, 0.1) is 0 Å². The van der Waals surface area contributed by atoms with Crippen molar-refractivity contribution < 1.29 is 5.11 Å². The second kappa shape index (κ2) is 5.49. The number of phenols is 1. The zero-order chi connectivity index (χ0) is 14.8. The van der Waals surface area contributed by atoms with Crippen LogP contribution < -0.4 is 5.32 Å². The lowest BCUT2D eigenvalue weighted by molar-refractivity contribution is 0.466. The highest BCUT2D eigenvalue weighted by Crippen LogP contribution is 2.24. The molecular formula is C19H19NO. The molecule has 0 heterocycles. The third-order valence-corrected chi connectivity index (χ3v) is 3.80. The van der Waals surface area contributed by atoms with Crippen LogP contribution in [0.3, 0.4) is 0 Å². The quantitative estimate of drug-likeness (QED) is 0.722. The minimum absolute atomic E-state index is 0.393. The van der Waals surface area contributed by atoms with E-state index in [1.54, 1.807) is 0 Å². The standard InChI is InChI=1S/C19H19NO/c1-13-9-15(10-14(2)19(13)21)12-20-18-8-7-16-5-3-4-6-17(16)11-18/h3-11,20-21H,12H2,1-2H3. The first-order chi connectivity index (χ1) is 10.1. The van der Waals surface area contributed by atoms with Crippen LogP contribution in [0, 0.1) is 13.8 Å². The van der Waals surface area contributed by atoms with Crippen LogP contribution in [0.15, 0.2) is 54.6 Å². The van der Waals surface area contributed by atoms with E-state index in [4.69, 9.17) is 0 Å². The lowest BCUT2D eigenvalue weighted by Gasteiger charge is -2.11. The van der Waals surface area contributed by atoms with E-state index in [2.05, 4.69) is 47.8 Å². The van der Waals surface area contributed by atoms with E-state index in [0.717, 1.165) is 23.4 Å². The van der Waals surface area contributed by atoms with Gasteiger partial charge in [0.2, 0.25) is 0 Å². The topological polar surface area (TPSA) is 32.3 Å². The fraction of sp³-hybridized carbons (Fsp3) is 0.158. The Bertz CT molecular complexity index is 769. The molecule has 0 aliphatic carbocycles. The van der Waals surface area contributed by atoms with Gasteiger partial charge < -0.3 is 10.4 Å². The third-order valence-electron chi connectivity index (χ3n) is 3.80. The van der Waals surface area contributed by atoms with Crippen molar-refractivity contribution in [3.63, 3.8) is 0 Å². The van der Waals surface area contributed by atoms with Crippen LogP contribution >= 0.6 is 0 Å². The number of hydrogen-bond donors (Lipinski definition) is 2. The number of hydrogen-bond acceptors (Lipinski definition) is 2. The van der Waals surface area contributed by atoms with Gasteiger partial charge in [0.15, 0.2) is 0 Å². The molecule has 0 aliphatic rings. The Kier molecular flexibility index (Phi) is 3.53. The first-order valence-electron chi connectivity index (χ1n) is 7.15. The summed E-state index contributed by atoms with van der Waals surface area (Å²) >= 11 is 0. The predicted octanol–water partition coefficient (Wildman–Crippen LogP) is 4.77. The van der Waals surface area contributed by atoms with Crippen molar-refractivity contribution in [2.45, 2.75) is 20.4 Å². The number of fused-ring (bicyclic) bond motifs is 1. The summed E-state index contributed by atoms with van der Waals surface area (Å²) in [5.41, 5.74) is 4.13. The third kappa shape index (κ3) is 2.84. The van der Waals surface area contributed by atoms with Crippen molar-refractivity contribution in [3.8, 4) is 5.75 Å². The molecule has 0 atom stereocenters. The van der Waals surface area contributed by atoms with Crippen LogP contribution in [0.5, 0.6) is 5.75 Å². The Morgan fingerprint density at radius 1 is 0.857 bits per heavy atom. The minimum atomic E-state index is 0.393. The monoisotopic (exact) mass is 277 g/mol. The average Bonchev–Trinajstić information content (AvgIpc) is 2.50. The summed E-state index contributed by atoms with van der Waals surface area (Å²) in [5.74, 6) is 0.393. The van der Waals surface area contributed by atoms with Crippen molar-refractivity contribution in [1.29, 1.82) is 0 Å². The van der Waals surface area contributed by atoms with Crippen molar-refractivity contribution in [3.05, 3.63) is 71.3 Å². The van der Waals surface area contributed by atoms with Gasteiger partial charge in [-0.2, -0.15) is 0 Å². The van der Waals surface area contributed by atoms with Crippen molar-refractivity contribution in [2.24, 2.45) is 0 Å². The van der Waals surface area contributed by atoms with Crippen LogP contribution in [0.1, 0.15) is 16.7 Å². The summed E-state index contributed by atoms with van der Waals surface area (Å²) < 4.78 is 0. The second-order valence-corrected chi connectivity index (χ2v) is 5.49. The second-order valence-electron chi connectivity index (χ2n) is 5.49. The van der Waals surface area contributed by atoms with Crippen LogP contribution in [-0.2, 0) is 6.54 Å². The maximum Gasteiger partial charge on any atom is 0.121 e. The van der Waals surface area contributed by atoms with E-state index >= 15 is 0 Å². The SMILES string of the molecule is Cc1cc(CNc2ccc3ccccc3c2)cc(C)c1O. The maximum absolute atomic E-state index is 9.81. The predicted molar refractivity (Wildman–Crippen MR) is 88.9 cm³/mol. The fourth-order valence-corrected chi connectivity index (χ4v) is 2.65. The number of aromatic hydroxyl groups is 1. The molecule has 0 saturated carbocycles. The maximum atomic E-state index is 9.81. The fourth-order valence-electron chi connectivity index (χ4n) is 2.65. The highest BCUT2D eigenvalue weighted by Gasteiger charge is 2.03. The number of aryl methyl sites for hydroxylation is 2. The van der Waals surface area contributed by atoms with E-state index in [1.165, 1.54) is 16.3 Å². The molecule has 2 N–H and O–H groups in total.